The molecule has 9 aromatic carbocycles. The van der Waals surface area contributed by atoms with E-state index in [1.54, 1.807) is 0 Å². The maximum absolute atomic E-state index is 2.56. The van der Waals surface area contributed by atoms with Crippen LogP contribution in [0.1, 0.15) is 51.3 Å². The molecule has 0 fully saturated rings. The lowest BCUT2D eigenvalue weighted by Crippen LogP contribution is -2.26. The van der Waals surface area contributed by atoms with Gasteiger partial charge in [0.2, 0.25) is 0 Å². The molecule has 0 radical (unpaired) electrons. The Bertz CT molecular complexity index is 3280. The van der Waals surface area contributed by atoms with Gasteiger partial charge in [0.05, 0.1) is 16.4 Å². The van der Waals surface area contributed by atoms with Crippen molar-refractivity contribution in [2.24, 2.45) is 0 Å². The number of benzene rings is 9. The zero-order valence-electron chi connectivity index (χ0n) is 32.6. The molecule has 0 bridgehead atoms. The Labute approximate surface area is 344 Å². The minimum atomic E-state index is -0.308. The van der Waals surface area contributed by atoms with Crippen molar-refractivity contribution in [3.05, 3.63) is 245 Å². The molecule has 59 heavy (non-hydrogen) atoms. The third-order valence-corrected chi connectivity index (χ3v) is 13.9. The molecule has 1 atom stereocenters. The predicted octanol–water partition coefficient (Wildman–Crippen LogP) is 14.5. The van der Waals surface area contributed by atoms with Crippen LogP contribution in [0, 0.1) is 0 Å². The third kappa shape index (κ3) is 4.50. The molecule has 276 valence electrons. The van der Waals surface area contributed by atoms with E-state index in [9.17, 15) is 0 Å². The maximum Gasteiger partial charge on any atom is 0.0725 e. The van der Waals surface area contributed by atoms with Crippen LogP contribution in [-0.4, -0.2) is 4.57 Å². The normalized spacial score (nSPS) is 14.9. The Morgan fingerprint density at radius 1 is 0.373 bits per heavy atom. The van der Waals surface area contributed by atoms with E-state index in [4.69, 9.17) is 0 Å². The molecule has 1 heterocycles. The van der Waals surface area contributed by atoms with Crippen molar-refractivity contribution in [2.45, 2.75) is 24.2 Å². The Hall–Kier alpha value is -7.22. The number of fused-ring (bicyclic) bond motifs is 16. The van der Waals surface area contributed by atoms with Crippen LogP contribution in [0.4, 0.5) is 0 Å². The molecule has 0 N–H and O–H groups in total. The highest BCUT2D eigenvalue weighted by Gasteiger charge is 2.51. The molecule has 3 aliphatic carbocycles. The molecule has 1 nitrogen and oxygen atoms in total. The van der Waals surface area contributed by atoms with Crippen LogP contribution in [0.25, 0.3) is 72.0 Å². The van der Waals surface area contributed by atoms with Gasteiger partial charge < -0.3 is 4.57 Å². The van der Waals surface area contributed by atoms with Crippen molar-refractivity contribution in [3.63, 3.8) is 0 Å². The number of rotatable bonds is 5. The molecule has 0 aliphatic heterocycles. The van der Waals surface area contributed by atoms with Crippen LogP contribution < -0.4 is 0 Å². The van der Waals surface area contributed by atoms with E-state index in [1.165, 1.54) is 111 Å². The first-order chi connectivity index (χ1) is 29.3. The van der Waals surface area contributed by atoms with E-state index >= 15 is 0 Å². The van der Waals surface area contributed by atoms with Gasteiger partial charge in [-0.05, 0) is 133 Å². The molecule has 0 saturated carbocycles. The zero-order chi connectivity index (χ0) is 38.7. The van der Waals surface area contributed by atoms with E-state index in [0.29, 0.717) is 5.92 Å². The fourth-order valence-electron chi connectivity index (χ4n) is 11.4. The Morgan fingerprint density at radius 3 is 1.68 bits per heavy atom. The highest BCUT2D eigenvalue weighted by atomic mass is 15.0. The van der Waals surface area contributed by atoms with E-state index < -0.39 is 0 Å². The minimum Gasteiger partial charge on any atom is -0.309 e. The van der Waals surface area contributed by atoms with Gasteiger partial charge in [0.1, 0.15) is 0 Å². The number of aromatic nitrogens is 1. The van der Waals surface area contributed by atoms with E-state index in [0.717, 1.165) is 12.8 Å². The molecule has 13 rings (SSSR count). The summed E-state index contributed by atoms with van der Waals surface area (Å²) in [5, 5.41) is 2.56. The standard InChI is InChI=1S/C58H39N/c1-2-14-40(15-3-1)59-56-25-13-9-21-49(56)51-36-39(29-33-57(51)59)38-28-32-44-43(41-16-4-5-17-42(41)50(44)35-38)30-26-37-27-31-48-47-20-8-12-24-54(47)58(55(48)34-37)52-22-10-6-18-45(52)46-19-7-11-23-53(46)58/h1-25,27-29,31-36,43H,26,30H2. The molecular formula is C58H39N. The fourth-order valence-corrected chi connectivity index (χ4v) is 11.4. The minimum absolute atomic E-state index is 0.308. The fraction of sp³-hybridized carbons (Fsp3) is 0.0690. The molecule has 1 unspecified atom stereocenters. The monoisotopic (exact) mass is 749 g/mol. The van der Waals surface area contributed by atoms with Gasteiger partial charge in [-0.2, -0.15) is 0 Å². The van der Waals surface area contributed by atoms with Gasteiger partial charge in [0.15, 0.2) is 0 Å². The van der Waals surface area contributed by atoms with Crippen molar-refractivity contribution in [3.8, 4) is 50.2 Å². The number of para-hydroxylation sites is 2. The summed E-state index contributed by atoms with van der Waals surface area (Å²) in [6.07, 6.45) is 2.06. The average Bonchev–Trinajstić information content (AvgIpc) is 4.00. The first kappa shape index (κ1) is 32.8. The summed E-state index contributed by atoms with van der Waals surface area (Å²) in [7, 11) is 0. The molecular weight excluding hydrogens is 711 g/mol. The predicted molar refractivity (Wildman–Crippen MR) is 245 cm³/mol. The van der Waals surface area contributed by atoms with Gasteiger partial charge >= 0.3 is 0 Å². The lowest BCUT2D eigenvalue weighted by Gasteiger charge is -2.30. The molecule has 1 aromatic heterocycles. The Balaban J connectivity index is 0.878. The van der Waals surface area contributed by atoms with Crippen molar-refractivity contribution in [1.29, 1.82) is 0 Å². The van der Waals surface area contributed by atoms with Crippen LogP contribution >= 0.6 is 0 Å². The summed E-state index contributed by atoms with van der Waals surface area (Å²) in [5.74, 6) is 0.342. The molecule has 1 spiro atoms. The molecule has 3 aliphatic rings. The number of hydrogen-bond acceptors (Lipinski definition) is 0. The number of nitrogens with zero attached hydrogens (tertiary/aromatic N) is 1. The van der Waals surface area contributed by atoms with Gasteiger partial charge in [-0.25, -0.2) is 0 Å². The first-order valence-electron chi connectivity index (χ1n) is 21.0. The topological polar surface area (TPSA) is 4.93 Å². The van der Waals surface area contributed by atoms with Crippen molar-refractivity contribution < 1.29 is 0 Å². The van der Waals surface area contributed by atoms with Crippen LogP contribution in [0.5, 0.6) is 0 Å². The molecule has 0 amide bonds. The Morgan fingerprint density at radius 2 is 0.932 bits per heavy atom. The summed E-state index contributed by atoms with van der Waals surface area (Å²) < 4.78 is 2.39. The van der Waals surface area contributed by atoms with Crippen LogP contribution in [-0.2, 0) is 11.8 Å². The SMILES string of the molecule is c1ccc(-n2c3ccccc3c3cc(-c4ccc5c(c4)-c4ccccc4C5CCc4ccc5c(c4)C4(c6ccccc6-c6ccccc64)c4ccccc4-5)ccc32)cc1. The van der Waals surface area contributed by atoms with E-state index in [-0.39, 0.29) is 5.41 Å². The van der Waals surface area contributed by atoms with Crippen molar-refractivity contribution in [1.82, 2.24) is 4.57 Å². The van der Waals surface area contributed by atoms with Crippen LogP contribution in [0.15, 0.2) is 206 Å². The molecule has 10 aromatic rings. The van der Waals surface area contributed by atoms with Crippen LogP contribution in [0.2, 0.25) is 0 Å². The third-order valence-electron chi connectivity index (χ3n) is 13.9. The zero-order valence-corrected chi connectivity index (χ0v) is 32.6. The van der Waals surface area contributed by atoms with Gasteiger partial charge in [-0.3, -0.25) is 0 Å². The lowest BCUT2D eigenvalue weighted by atomic mass is 9.70. The van der Waals surface area contributed by atoms with Crippen molar-refractivity contribution >= 4 is 21.8 Å². The highest BCUT2D eigenvalue weighted by Crippen LogP contribution is 2.63. The van der Waals surface area contributed by atoms with E-state index in [2.05, 4.69) is 211 Å². The van der Waals surface area contributed by atoms with Gasteiger partial charge in [0.25, 0.3) is 0 Å². The number of hydrogen-bond donors (Lipinski definition) is 0. The van der Waals surface area contributed by atoms with Crippen molar-refractivity contribution in [2.75, 3.05) is 0 Å². The quantitative estimate of drug-likeness (QED) is 0.165. The van der Waals surface area contributed by atoms with Gasteiger partial charge in [-0.15, -0.1) is 0 Å². The summed E-state index contributed by atoms with van der Waals surface area (Å²) in [6.45, 7) is 0. The molecule has 0 saturated heterocycles. The van der Waals surface area contributed by atoms with Gasteiger partial charge in [0, 0.05) is 22.4 Å². The maximum atomic E-state index is 2.56. The summed E-state index contributed by atoms with van der Waals surface area (Å²) in [4.78, 5) is 0. The number of aryl methyl sites for hydroxylation is 1. The smallest absolute Gasteiger partial charge is 0.0725 e. The lowest BCUT2D eigenvalue weighted by molar-refractivity contribution is 0.726. The first-order valence-corrected chi connectivity index (χ1v) is 21.0. The highest BCUT2D eigenvalue weighted by molar-refractivity contribution is 6.10. The summed E-state index contributed by atoms with van der Waals surface area (Å²) in [5.41, 5.74) is 24.0. The largest absolute Gasteiger partial charge is 0.309 e. The molecule has 1 heteroatoms. The Kier molecular flexibility index (Phi) is 6.89. The summed E-state index contributed by atoms with van der Waals surface area (Å²) >= 11 is 0. The average molecular weight is 750 g/mol. The van der Waals surface area contributed by atoms with E-state index in [1.807, 2.05) is 0 Å². The van der Waals surface area contributed by atoms with Crippen LogP contribution in [0.3, 0.4) is 0 Å². The van der Waals surface area contributed by atoms with Gasteiger partial charge in [-0.1, -0.05) is 170 Å². The second-order valence-corrected chi connectivity index (χ2v) is 16.7. The summed E-state index contributed by atoms with van der Waals surface area (Å²) in [6, 6.07) is 77.6. The second-order valence-electron chi connectivity index (χ2n) is 16.7. The second kappa shape index (κ2) is 12.4.